The molecule has 134 valence electrons. The highest BCUT2D eigenvalue weighted by Gasteiger charge is 2.21. The molecule has 2 atom stereocenters. The fourth-order valence-electron chi connectivity index (χ4n) is 2.64. The molecule has 4 N–H and O–H groups in total. The van der Waals surface area contributed by atoms with Crippen molar-refractivity contribution in [3.05, 3.63) is 35.6 Å². The Hall–Kier alpha value is -2.11. The van der Waals surface area contributed by atoms with Gasteiger partial charge in [-0.3, -0.25) is 4.79 Å². The molecular formula is C18H28FN3O2. The SMILES string of the molecule is CCCCCC[C@H](C)NC(=O)C[C@H](NC(N)=O)c1ccccc1F. The second kappa shape index (κ2) is 10.6. The summed E-state index contributed by atoms with van der Waals surface area (Å²) in [5.74, 6) is -0.711. The number of carbonyl (C=O) groups excluding carboxylic acids is 2. The summed E-state index contributed by atoms with van der Waals surface area (Å²) in [5.41, 5.74) is 5.40. The predicted octanol–water partition coefficient (Wildman–Crippen LogP) is 3.40. The Morgan fingerprint density at radius 2 is 1.88 bits per heavy atom. The number of nitrogens with two attached hydrogens (primary N) is 1. The number of hydrogen-bond donors (Lipinski definition) is 3. The monoisotopic (exact) mass is 337 g/mol. The third-order valence-corrected chi connectivity index (χ3v) is 3.88. The van der Waals surface area contributed by atoms with Gasteiger partial charge in [0.15, 0.2) is 0 Å². The van der Waals surface area contributed by atoms with Crippen molar-refractivity contribution >= 4 is 11.9 Å². The summed E-state index contributed by atoms with van der Waals surface area (Å²) in [6.07, 6.45) is 5.42. The largest absolute Gasteiger partial charge is 0.354 e. The highest BCUT2D eigenvalue weighted by molar-refractivity contribution is 5.79. The zero-order chi connectivity index (χ0) is 17.9. The number of primary amides is 1. The van der Waals surface area contributed by atoms with Gasteiger partial charge in [0.1, 0.15) is 5.82 Å². The molecule has 0 saturated heterocycles. The van der Waals surface area contributed by atoms with Gasteiger partial charge in [-0.1, -0.05) is 50.8 Å². The first-order chi connectivity index (χ1) is 11.4. The van der Waals surface area contributed by atoms with Crippen LogP contribution in [0.15, 0.2) is 24.3 Å². The van der Waals surface area contributed by atoms with Gasteiger partial charge in [-0.05, 0) is 19.4 Å². The quantitative estimate of drug-likeness (QED) is 0.572. The molecule has 1 rings (SSSR count). The number of amides is 3. The Balaban J connectivity index is 2.58. The second-order valence-electron chi connectivity index (χ2n) is 6.10. The molecule has 0 aliphatic carbocycles. The first-order valence-electron chi connectivity index (χ1n) is 8.53. The van der Waals surface area contributed by atoms with Crippen LogP contribution in [-0.4, -0.2) is 18.0 Å². The third kappa shape index (κ3) is 7.44. The number of benzene rings is 1. The topological polar surface area (TPSA) is 84.2 Å². The van der Waals surface area contributed by atoms with Gasteiger partial charge in [-0.2, -0.15) is 0 Å². The van der Waals surface area contributed by atoms with E-state index in [1.807, 2.05) is 6.92 Å². The Kier molecular flexibility index (Phi) is 8.83. The van der Waals surface area contributed by atoms with Gasteiger partial charge in [-0.25, -0.2) is 9.18 Å². The molecule has 0 aliphatic heterocycles. The van der Waals surface area contributed by atoms with Crippen molar-refractivity contribution in [3.8, 4) is 0 Å². The fourth-order valence-corrected chi connectivity index (χ4v) is 2.64. The molecular weight excluding hydrogens is 309 g/mol. The summed E-state index contributed by atoms with van der Waals surface area (Å²) < 4.78 is 13.9. The van der Waals surface area contributed by atoms with Crippen molar-refractivity contribution in [2.24, 2.45) is 5.73 Å². The molecule has 0 fully saturated rings. The van der Waals surface area contributed by atoms with E-state index in [4.69, 9.17) is 5.73 Å². The van der Waals surface area contributed by atoms with E-state index >= 15 is 0 Å². The van der Waals surface area contributed by atoms with Gasteiger partial charge < -0.3 is 16.4 Å². The van der Waals surface area contributed by atoms with Crippen molar-refractivity contribution < 1.29 is 14.0 Å². The van der Waals surface area contributed by atoms with Crippen LogP contribution in [0.25, 0.3) is 0 Å². The van der Waals surface area contributed by atoms with Crippen molar-refractivity contribution in [3.63, 3.8) is 0 Å². The molecule has 0 radical (unpaired) electrons. The summed E-state index contributed by atoms with van der Waals surface area (Å²) in [6.45, 7) is 4.10. The van der Waals surface area contributed by atoms with Crippen molar-refractivity contribution in [1.82, 2.24) is 10.6 Å². The van der Waals surface area contributed by atoms with Gasteiger partial charge in [0.2, 0.25) is 5.91 Å². The predicted molar refractivity (Wildman–Crippen MR) is 92.8 cm³/mol. The van der Waals surface area contributed by atoms with Crippen molar-refractivity contribution in [1.29, 1.82) is 0 Å². The van der Waals surface area contributed by atoms with Gasteiger partial charge in [-0.15, -0.1) is 0 Å². The van der Waals surface area contributed by atoms with Crippen LogP contribution >= 0.6 is 0 Å². The lowest BCUT2D eigenvalue weighted by molar-refractivity contribution is -0.122. The van der Waals surface area contributed by atoms with E-state index < -0.39 is 17.9 Å². The smallest absolute Gasteiger partial charge is 0.312 e. The molecule has 0 aromatic heterocycles. The Morgan fingerprint density at radius 1 is 1.17 bits per heavy atom. The van der Waals surface area contributed by atoms with Crippen LogP contribution in [0.4, 0.5) is 9.18 Å². The number of halogens is 1. The molecule has 0 spiro atoms. The summed E-state index contributed by atoms with van der Waals surface area (Å²) in [6, 6.07) is 4.52. The molecule has 0 aliphatic rings. The maximum atomic E-state index is 13.9. The average molecular weight is 337 g/mol. The first-order valence-corrected chi connectivity index (χ1v) is 8.53. The van der Waals surface area contributed by atoms with Crippen LogP contribution in [-0.2, 0) is 4.79 Å². The lowest BCUT2D eigenvalue weighted by Gasteiger charge is -2.20. The normalized spacial score (nSPS) is 13.1. The molecule has 3 amide bonds. The number of rotatable bonds is 10. The number of urea groups is 1. The minimum absolute atomic E-state index is 0.0456. The minimum atomic E-state index is -0.788. The molecule has 0 heterocycles. The molecule has 0 saturated carbocycles. The summed E-state index contributed by atoms with van der Waals surface area (Å²) in [4.78, 5) is 23.4. The Morgan fingerprint density at radius 3 is 2.50 bits per heavy atom. The molecule has 0 unspecified atom stereocenters. The first kappa shape index (κ1) is 19.9. The molecule has 24 heavy (non-hydrogen) atoms. The van der Waals surface area contributed by atoms with Crippen LogP contribution in [0.3, 0.4) is 0 Å². The molecule has 5 nitrogen and oxygen atoms in total. The van der Waals surface area contributed by atoms with E-state index in [-0.39, 0.29) is 23.9 Å². The number of unbranched alkanes of at least 4 members (excludes halogenated alkanes) is 3. The van der Waals surface area contributed by atoms with Crippen LogP contribution in [0.5, 0.6) is 0 Å². The lowest BCUT2D eigenvalue weighted by atomic mass is 10.0. The van der Waals surface area contributed by atoms with Crippen LogP contribution in [0.1, 0.15) is 64.0 Å². The van der Waals surface area contributed by atoms with Gasteiger partial charge in [0.05, 0.1) is 12.5 Å². The van der Waals surface area contributed by atoms with Gasteiger partial charge in [0.25, 0.3) is 0 Å². The number of nitrogens with one attached hydrogen (secondary N) is 2. The standard InChI is InChI=1S/C18H28FN3O2/c1-3-4-5-6-9-13(2)21-17(23)12-16(22-18(20)24)14-10-7-8-11-15(14)19/h7-8,10-11,13,16H,3-6,9,12H2,1-2H3,(H,21,23)(H3,20,22,24)/t13-,16-/m0/s1. The van der Waals surface area contributed by atoms with Crippen molar-refractivity contribution in [2.75, 3.05) is 0 Å². The van der Waals surface area contributed by atoms with E-state index in [0.29, 0.717) is 0 Å². The minimum Gasteiger partial charge on any atom is -0.354 e. The Labute approximate surface area is 143 Å². The second-order valence-corrected chi connectivity index (χ2v) is 6.10. The molecule has 6 heteroatoms. The van der Waals surface area contributed by atoms with Crippen LogP contribution < -0.4 is 16.4 Å². The maximum Gasteiger partial charge on any atom is 0.312 e. The van der Waals surface area contributed by atoms with E-state index in [0.717, 1.165) is 19.3 Å². The van der Waals surface area contributed by atoms with E-state index in [2.05, 4.69) is 17.6 Å². The third-order valence-electron chi connectivity index (χ3n) is 3.88. The average Bonchev–Trinajstić information content (AvgIpc) is 2.51. The van der Waals surface area contributed by atoms with E-state index in [1.165, 1.54) is 25.0 Å². The summed E-state index contributed by atoms with van der Waals surface area (Å²) >= 11 is 0. The molecule has 1 aromatic carbocycles. The summed E-state index contributed by atoms with van der Waals surface area (Å²) in [7, 11) is 0. The van der Waals surface area contributed by atoms with E-state index in [1.54, 1.807) is 12.1 Å². The zero-order valence-electron chi connectivity index (χ0n) is 14.5. The van der Waals surface area contributed by atoms with Crippen LogP contribution in [0.2, 0.25) is 0 Å². The van der Waals surface area contributed by atoms with Crippen LogP contribution in [0, 0.1) is 5.82 Å². The highest BCUT2D eigenvalue weighted by atomic mass is 19.1. The molecule has 0 bridgehead atoms. The number of carbonyl (C=O) groups is 2. The molecule has 1 aromatic rings. The van der Waals surface area contributed by atoms with Gasteiger partial charge >= 0.3 is 6.03 Å². The van der Waals surface area contributed by atoms with Crippen molar-refractivity contribution in [2.45, 2.75) is 64.5 Å². The highest BCUT2D eigenvalue weighted by Crippen LogP contribution is 2.20. The zero-order valence-corrected chi connectivity index (χ0v) is 14.5. The fraction of sp³-hybridized carbons (Fsp3) is 0.556. The summed E-state index contributed by atoms with van der Waals surface area (Å²) in [5, 5.41) is 5.34. The maximum absolute atomic E-state index is 13.9. The number of hydrogen-bond acceptors (Lipinski definition) is 2. The van der Waals surface area contributed by atoms with Gasteiger partial charge in [0, 0.05) is 11.6 Å². The Bertz CT molecular complexity index is 537. The lowest BCUT2D eigenvalue weighted by Crippen LogP contribution is -2.39. The van der Waals surface area contributed by atoms with E-state index in [9.17, 15) is 14.0 Å².